The van der Waals surface area contributed by atoms with E-state index in [-0.39, 0.29) is 11.1 Å². The van der Waals surface area contributed by atoms with Crippen molar-refractivity contribution in [3.8, 4) is 0 Å². The Hall–Kier alpha value is -0.0400. The van der Waals surface area contributed by atoms with Gasteiger partial charge in [-0.3, -0.25) is 4.57 Å². The van der Waals surface area contributed by atoms with Crippen molar-refractivity contribution in [1.29, 1.82) is 0 Å². The van der Waals surface area contributed by atoms with E-state index in [9.17, 15) is 8.96 Å². The molecule has 0 atom stereocenters. The topological polar surface area (TPSA) is 17.1 Å². The predicted molar refractivity (Wildman–Crippen MR) is 54.7 cm³/mol. The van der Waals surface area contributed by atoms with E-state index in [0.29, 0.717) is 12.0 Å². The molecular formula is C8H8Cl2FOP. The fraction of sp³-hybridized carbons (Fsp3) is 0.250. The largest absolute Gasteiger partial charge is 0.284 e. The first-order valence-electron chi connectivity index (χ1n) is 3.73. The summed E-state index contributed by atoms with van der Waals surface area (Å²) in [5.41, 5.74) is 0.471. The van der Waals surface area contributed by atoms with Gasteiger partial charge in [-0.1, -0.05) is 6.92 Å². The van der Waals surface area contributed by atoms with Crippen LogP contribution >= 0.6 is 28.3 Å². The molecule has 0 saturated heterocycles. The molecule has 0 bridgehead atoms. The van der Waals surface area contributed by atoms with E-state index < -0.39 is 5.85 Å². The van der Waals surface area contributed by atoms with Gasteiger partial charge >= 0.3 is 0 Å². The van der Waals surface area contributed by atoms with Crippen molar-refractivity contribution in [2.75, 3.05) is 0 Å². The second-order valence-corrected chi connectivity index (χ2v) is 7.41. The number of benzene rings is 1. The highest BCUT2D eigenvalue weighted by Crippen LogP contribution is 2.55. The maximum atomic E-state index is 13.0. The summed E-state index contributed by atoms with van der Waals surface area (Å²) in [5.74, 6) is -3.63. The van der Waals surface area contributed by atoms with Crippen LogP contribution in [-0.4, -0.2) is 0 Å². The first-order valence-corrected chi connectivity index (χ1v) is 7.25. The van der Waals surface area contributed by atoms with Crippen LogP contribution in [0.4, 0.5) is 4.39 Å². The minimum atomic E-state index is -3.30. The first-order chi connectivity index (χ1) is 5.95. The van der Waals surface area contributed by atoms with Gasteiger partial charge in [-0.05, 0) is 52.7 Å². The van der Waals surface area contributed by atoms with Crippen LogP contribution in [0.2, 0.25) is 0 Å². The van der Waals surface area contributed by atoms with E-state index >= 15 is 0 Å². The van der Waals surface area contributed by atoms with Gasteiger partial charge in [0.25, 0.3) is 5.85 Å². The quantitative estimate of drug-likeness (QED) is 0.721. The summed E-state index contributed by atoms with van der Waals surface area (Å²) in [5, 5.41) is 0.286. The van der Waals surface area contributed by atoms with Crippen molar-refractivity contribution in [2.24, 2.45) is 0 Å². The molecule has 0 aliphatic carbocycles. The van der Waals surface area contributed by atoms with Gasteiger partial charge in [-0.15, -0.1) is 0 Å². The maximum Gasteiger partial charge on any atom is 0.281 e. The van der Waals surface area contributed by atoms with Crippen molar-refractivity contribution < 1.29 is 8.96 Å². The normalized spacial score (nSPS) is 11.7. The first kappa shape index (κ1) is 11.0. The SMILES string of the molecule is CCc1cc(P(=O)(Cl)Cl)ccc1F. The molecule has 0 N–H and O–H groups in total. The van der Waals surface area contributed by atoms with Gasteiger partial charge < -0.3 is 0 Å². The average Bonchev–Trinajstić information content (AvgIpc) is 2.03. The van der Waals surface area contributed by atoms with Crippen molar-refractivity contribution in [1.82, 2.24) is 0 Å². The van der Waals surface area contributed by atoms with Gasteiger partial charge in [0.15, 0.2) is 0 Å². The molecule has 0 amide bonds. The Balaban J connectivity index is 3.22. The molecule has 72 valence electrons. The lowest BCUT2D eigenvalue weighted by Crippen LogP contribution is -2.01. The summed E-state index contributed by atoms with van der Waals surface area (Å²) < 4.78 is 24.2. The van der Waals surface area contributed by atoms with Gasteiger partial charge in [0.1, 0.15) is 5.82 Å². The van der Waals surface area contributed by atoms with Crippen LogP contribution in [0.1, 0.15) is 12.5 Å². The zero-order valence-electron chi connectivity index (χ0n) is 6.93. The smallest absolute Gasteiger partial charge is 0.281 e. The molecule has 1 nitrogen and oxygen atoms in total. The third-order valence-electron chi connectivity index (χ3n) is 1.71. The summed E-state index contributed by atoms with van der Waals surface area (Å²) >= 11 is 10.9. The number of aryl methyl sites for hydroxylation is 1. The Morgan fingerprint density at radius 2 is 2.08 bits per heavy atom. The van der Waals surface area contributed by atoms with E-state index in [1.807, 2.05) is 0 Å². The Morgan fingerprint density at radius 3 is 2.54 bits per heavy atom. The van der Waals surface area contributed by atoms with Crippen LogP contribution in [0, 0.1) is 5.82 Å². The predicted octanol–water partition coefficient (Wildman–Crippen LogP) is 3.68. The maximum absolute atomic E-state index is 13.0. The van der Waals surface area contributed by atoms with E-state index in [4.69, 9.17) is 22.5 Å². The Morgan fingerprint density at radius 1 is 1.46 bits per heavy atom. The van der Waals surface area contributed by atoms with Crippen LogP contribution in [-0.2, 0) is 11.0 Å². The lowest BCUT2D eigenvalue weighted by Gasteiger charge is -2.05. The van der Waals surface area contributed by atoms with Crippen LogP contribution in [0.5, 0.6) is 0 Å². The Labute approximate surface area is 85.8 Å². The standard InChI is InChI=1S/C8H8Cl2FOP/c1-2-6-5-7(13(9,10)12)3-4-8(6)11/h3-5H,2H2,1H3. The average molecular weight is 241 g/mol. The lowest BCUT2D eigenvalue weighted by atomic mass is 10.2. The van der Waals surface area contributed by atoms with E-state index in [1.54, 1.807) is 6.92 Å². The van der Waals surface area contributed by atoms with E-state index in [1.165, 1.54) is 18.2 Å². The third-order valence-corrected chi connectivity index (χ3v) is 3.76. The number of rotatable bonds is 2. The fourth-order valence-electron chi connectivity index (χ4n) is 0.994. The molecule has 0 saturated carbocycles. The highest BCUT2D eigenvalue weighted by Gasteiger charge is 2.18. The van der Waals surface area contributed by atoms with Crippen LogP contribution < -0.4 is 5.30 Å². The summed E-state index contributed by atoms with van der Waals surface area (Å²) in [6.45, 7) is 1.80. The van der Waals surface area contributed by atoms with Crippen molar-refractivity contribution in [3.63, 3.8) is 0 Å². The van der Waals surface area contributed by atoms with Crippen molar-refractivity contribution in [3.05, 3.63) is 29.6 Å². The molecule has 0 fully saturated rings. The minimum Gasteiger partial charge on any atom is -0.284 e. The summed E-state index contributed by atoms with van der Waals surface area (Å²) in [6.07, 6.45) is 0.521. The zero-order chi connectivity index (χ0) is 10.1. The molecular weight excluding hydrogens is 233 g/mol. The molecule has 13 heavy (non-hydrogen) atoms. The summed E-state index contributed by atoms with van der Waals surface area (Å²) in [7, 11) is 0. The molecule has 0 aliphatic rings. The van der Waals surface area contributed by atoms with Crippen LogP contribution in [0.25, 0.3) is 0 Å². The second-order valence-electron chi connectivity index (χ2n) is 2.59. The fourth-order valence-corrected chi connectivity index (χ4v) is 2.18. The highest BCUT2D eigenvalue weighted by molar-refractivity contribution is 8.13. The van der Waals surface area contributed by atoms with E-state index in [2.05, 4.69) is 0 Å². The minimum absolute atomic E-state index is 0.286. The number of hydrogen-bond donors (Lipinski definition) is 0. The lowest BCUT2D eigenvalue weighted by molar-refractivity contribution is 0.597. The molecule has 0 heterocycles. The summed E-state index contributed by atoms with van der Waals surface area (Å²) in [6, 6.07) is 4.01. The van der Waals surface area contributed by atoms with Gasteiger partial charge in [0.05, 0.1) is 0 Å². The highest BCUT2D eigenvalue weighted by atomic mass is 35.9. The van der Waals surface area contributed by atoms with Gasteiger partial charge in [-0.25, -0.2) is 4.39 Å². The Bertz CT molecular complexity index is 361. The van der Waals surface area contributed by atoms with Crippen LogP contribution in [0.3, 0.4) is 0 Å². The van der Waals surface area contributed by atoms with Gasteiger partial charge in [0.2, 0.25) is 0 Å². The molecule has 1 aromatic rings. The second kappa shape index (κ2) is 4.00. The molecule has 5 heteroatoms. The molecule has 0 aromatic heterocycles. The summed E-state index contributed by atoms with van der Waals surface area (Å²) in [4.78, 5) is 0. The number of halogens is 3. The molecule has 0 spiro atoms. The van der Waals surface area contributed by atoms with Crippen LogP contribution in [0.15, 0.2) is 18.2 Å². The number of hydrogen-bond acceptors (Lipinski definition) is 1. The molecule has 0 aliphatic heterocycles. The van der Waals surface area contributed by atoms with Gasteiger partial charge in [0, 0.05) is 5.30 Å². The third kappa shape index (κ3) is 2.70. The molecule has 0 radical (unpaired) electrons. The zero-order valence-corrected chi connectivity index (χ0v) is 9.33. The van der Waals surface area contributed by atoms with Crippen molar-refractivity contribution >= 4 is 33.6 Å². The molecule has 1 rings (SSSR count). The molecule has 0 unspecified atom stereocenters. The Kier molecular flexibility index (Phi) is 3.39. The van der Waals surface area contributed by atoms with Gasteiger partial charge in [-0.2, -0.15) is 0 Å². The van der Waals surface area contributed by atoms with E-state index in [0.717, 1.165) is 0 Å². The molecule has 1 aromatic carbocycles. The monoisotopic (exact) mass is 240 g/mol. The van der Waals surface area contributed by atoms with Crippen molar-refractivity contribution in [2.45, 2.75) is 13.3 Å².